The van der Waals surface area contributed by atoms with Crippen LogP contribution in [0.1, 0.15) is 20.8 Å². The summed E-state index contributed by atoms with van der Waals surface area (Å²) in [6.07, 6.45) is 4.30. The molecule has 0 bridgehead atoms. The van der Waals surface area contributed by atoms with E-state index in [1.54, 1.807) is 20.8 Å². The Hall–Kier alpha value is -0.640. The zero-order valence-corrected chi connectivity index (χ0v) is 17.5. The van der Waals surface area contributed by atoms with Crippen molar-refractivity contribution < 1.29 is 42.3 Å². The number of hydrogen-bond donors (Lipinski definition) is 4. The first-order valence-corrected chi connectivity index (χ1v) is 11.1. The van der Waals surface area contributed by atoms with Crippen LogP contribution in [-0.2, 0) is 27.0 Å². The molecule has 0 aromatic rings. The number of hydrogen-bond acceptors (Lipinski definition) is 9. The summed E-state index contributed by atoms with van der Waals surface area (Å²) in [4.78, 5) is 0. The zero-order chi connectivity index (χ0) is 20.9. The van der Waals surface area contributed by atoms with Gasteiger partial charge < -0.3 is 15.3 Å². The second-order valence-corrected chi connectivity index (χ2v) is 8.98. The predicted octanol–water partition coefficient (Wildman–Crippen LogP) is 2.04. The summed E-state index contributed by atoms with van der Waals surface area (Å²) >= 11 is 0. The molecule has 12 heteroatoms. The van der Waals surface area contributed by atoms with Gasteiger partial charge in [-0.1, -0.05) is 18.2 Å². The van der Waals surface area contributed by atoms with Gasteiger partial charge in [0.1, 0.15) is 0 Å². The van der Waals surface area contributed by atoms with Gasteiger partial charge in [0.2, 0.25) is 0 Å². The van der Waals surface area contributed by atoms with Crippen LogP contribution in [0.5, 0.6) is 0 Å². The molecular formula is C15H29NO9P2. The summed E-state index contributed by atoms with van der Waals surface area (Å²) < 4.78 is 44.7. The largest absolute Gasteiger partial charge is 0.483 e. The monoisotopic (exact) mass is 429 g/mol. The SMILES string of the molecule is C/C(=C\COP(N)(=O)OP(=O)(OC/C=C(\C)CO)OC/C=C(\C)CO)CO. The van der Waals surface area contributed by atoms with E-state index >= 15 is 0 Å². The summed E-state index contributed by atoms with van der Waals surface area (Å²) in [5, 5.41) is 26.8. The average Bonchev–Trinajstić information content (AvgIpc) is 2.60. The summed E-state index contributed by atoms with van der Waals surface area (Å²) in [5.74, 6) is 0. The van der Waals surface area contributed by atoms with E-state index in [1.165, 1.54) is 18.2 Å². The lowest BCUT2D eigenvalue weighted by molar-refractivity contribution is 0.166. The fourth-order valence-corrected chi connectivity index (χ4v) is 3.82. The van der Waals surface area contributed by atoms with Crippen molar-refractivity contribution in [2.45, 2.75) is 20.8 Å². The van der Waals surface area contributed by atoms with Gasteiger partial charge >= 0.3 is 15.6 Å². The molecule has 0 radical (unpaired) electrons. The number of phosphoric ester groups is 1. The van der Waals surface area contributed by atoms with Crippen molar-refractivity contribution in [3.63, 3.8) is 0 Å². The first kappa shape index (κ1) is 26.4. The normalized spacial score (nSPS) is 16.5. The lowest BCUT2D eigenvalue weighted by Gasteiger charge is -2.20. The van der Waals surface area contributed by atoms with Gasteiger partial charge in [-0.2, -0.15) is 4.31 Å². The molecule has 0 saturated heterocycles. The quantitative estimate of drug-likeness (QED) is 0.238. The van der Waals surface area contributed by atoms with Crippen molar-refractivity contribution in [2.75, 3.05) is 39.6 Å². The third kappa shape index (κ3) is 13.2. The van der Waals surface area contributed by atoms with E-state index in [9.17, 15) is 9.13 Å². The molecule has 0 spiro atoms. The highest BCUT2D eigenvalue weighted by Gasteiger charge is 2.36. The summed E-state index contributed by atoms with van der Waals surface area (Å²) in [6, 6.07) is 0. The van der Waals surface area contributed by atoms with Gasteiger partial charge in [0.15, 0.2) is 0 Å². The van der Waals surface area contributed by atoms with Crippen LogP contribution in [0.25, 0.3) is 0 Å². The lowest BCUT2D eigenvalue weighted by Crippen LogP contribution is -2.08. The van der Waals surface area contributed by atoms with Gasteiger partial charge in [-0.05, 0) is 37.5 Å². The first-order chi connectivity index (χ1) is 12.6. The van der Waals surface area contributed by atoms with Gasteiger partial charge in [-0.3, -0.25) is 13.6 Å². The molecule has 0 rings (SSSR count). The standard InChI is InChI=1S/C15H29NO9P2/c1-13(10-17)4-7-22-26(16,20)25-27(21,23-8-5-14(2)11-18)24-9-6-15(3)12-19/h4-6,17-19H,7-12H2,1-3H3,(H2,16,20)/b13-4+,14-5+,15-6+. The number of aliphatic hydroxyl groups is 3. The molecule has 0 saturated carbocycles. The van der Waals surface area contributed by atoms with E-state index in [-0.39, 0.29) is 39.6 Å². The van der Waals surface area contributed by atoms with Crippen molar-refractivity contribution in [1.29, 1.82) is 0 Å². The minimum Gasteiger partial charge on any atom is -0.392 e. The van der Waals surface area contributed by atoms with Crippen molar-refractivity contribution in [2.24, 2.45) is 5.50 Å². The molecule has 0 aromatic carbocycles. The summed E-state index contributed by atoms with van der Waals surface area (Å²) in [5.41, 5.74) is 7.08. The molecule has 0 heterocycles. The fourth-order valence-electron chi connectivity index (χ4n) is 1.27. The van der Waals surface area contributed by atoms with Crippen LogP contribution in [0.4, 0.5) is 0 Å². The first-order valence-electron chi connectivity index (χ1n) is 8.00. The molecule has 0 aliphatic carbocycles. The molecular weight excluding hydrogens is 400 g/mol. The van der Waals surface area contributed by atoms with Crippen molar-refractivity contribution in [3.05, 3.63) is 34.9 Å². The summed E-state index contributed by atoms with van der Waals surface area (Å²) in [6.45, 7) is 3.46. The molecule has 0 fully saturated rings. The Morgan fingerprint density at radius 1 is 0.778 bits per heavy atom. The van der Waals surface area contributed by atoms with Gasteiger partial charge in [0.25, 0.3) is 0 Å². The zero-order valence-electron chi connectivity index (χ0n) is 15.7. The molecule has 0 aliphatic rings. The van der Waals surface area contributed by atoms with E-state index in [0.29, 0.717) is 16.7 Å². The van der Waals surface area contributed by atoms with E-state index in [0.717, 1.165) is 0 Å². The highest BCUT2D eigenvalue weighted by Crippen LogP contribution is 2.61. The van der Waals surface area contributed by atoms with Crippen LogP contribution in [0.3, 0.4) is 0 Å². The Kier molecular flexibility index (Phi) is 13.2. The molecule has 0 aliphatic heterocycles. The molecule has 1 unspecified atom stereocenters. The Morgan fingerprint density at radius 2 is 1.11 bits per heavy atom. The summed E-state index contributed by atoms with van der Waals surface area (Å²) in [7, 11) is -8.68. The van der Waals surface area contributed by atoms with E-state index in [1.807, 2.05) is 0 Å². The third-order valence-electron chi connectivity index (χ3n) is 2.98. The fraction of sp³-hybridized carbons (Fsp3) is 0.600. The van der Waals surface area contributed by atoms with Crippen molar-refractivity contribution in [3.8, 4) is 0 Å². The van der Waals surface area contributed by atoms with Gasteiger partial charge in [-0.25, -0.2) is 14.6 Å². The van der Waals surface area contributed by atoms with E-state index in [2.05, 4.69) is 0 Å². The smallest absolute Gasteiger partial charge is 0.392 e. The van der Waals surface area contributed by atoms with Gasteiger partial charge in [0.05, 0.1) is 39.6 Å². The Labute approximate surface area is 159 Å². The van der Waals surface area contributed by atoms with Crippen LogP contribution >= 0.6 is 15.6 Å². The Morgan fingerprint density at radius 3 is 1.44 bits per heavy atom. The van der Waals surface area contributed by atoms with Crippen LogP contribution in [0.2, 0.25) is 0 Å². The van der Waals surface area contributed by atoms with Crippen LogP contribution in [0, 0.1) is 0 Å². The second kappa shape index (κ2) is 13.5. The van der Waals surface area contributed by atoms with Crippen LogP contribution < -0.4 is 5.50 Å². The minimum atomic E-state index is -4.38. The molecule has 27 heavy (non-hydrogen) atoms. The number of nitrogens with two attached hydrogens (primary N) is 1. The Balaban J connectivity index is 5.09. The topological polar surface area (TPSA) is 158 Å². The maximum absolute atomic E-state index is 12.7. The maximum atomic E-state index is 12.7. The molecule has 10 nitrogen and oxygen atoms in total. The third-order valence-corrected chi connectivity index (χ3v) is 6.13. The van der Waals surface area contributed by atoms with Crippen molar-refractivity contribution in [1.82, 2.24) is 0 Å². The molecule has 0 aromatic heterocycles. The average molecular weight is 429 g/mol. The van der Waals surface area contributed by atoms with Crippen LogP contribution in [-0.4, -0.2) is 55.0 Å². The Bertz CT molecular complexity index is 603. The van der Waals surface area contributed by atoms with Crippen molar-refractivity contribution >= 4 is 15.6 Å². The van der Waals surface area contributed by atoms with Gasteiger partial charge in [-0.15, -0.1) is 0 Å². The van der Waals surface area contributed by atoms with Gasteiger partial charge in [0, 0.05) is 0 Å². The number of aliphatic hydroxyl groups excluding tert-OH is 3. The lowest BCUT2D eigenvalue weighted by atomic mass is 10.3. The highest BCUT2D eigenvalue weighted by atomic mass is 31.3. The number of rotatable bonds is 14. The van der Waals surface area contributed by atoms with E-state index in [4.69, 9.17) is 38.7 Å². The molecule has 1 atom stereocenters. The van der Waals surface area contributed by atoms with Crippen LogP contribution in [0.15, 0.2) is 34.9 Å². The molecule has 158 valence electrons. The molecule has 5 N–H and O–H groups in total. The van der Waals surface area contributed by atoms with E-state index < -0.39 is 15.6 Å². The highest BCUT2D eigenvalue weighted by molar-refractivity contribution is 7.63. The second-order valence-electron chi connectivity index (χ2n) is 5.58. The molecule has 0 amide bonds. The maximum Gasteiger partial charge on any atom is 0.483 e. The minimum absolute atomic E-state index is 0.211. The number of phosphoric acid groups is 1. The predicted molar refractivity (Wildman–Crippen MR) is 101 cm³/mol.